The SMILES string of the molecule is CC(=O)N[C@@H](C)CO[C@H]1C[C@](F)(COc2cc3sc(C(C)C)nc3cn2)C1. The normalized spacial score (nSPS) is 23.3. The third-order valence-electron chi connectivity index (χ3n) is 4.46. The molecule has 6 nitrogen and oxygen atoms in total. The van der Waals surface area contributed by atoms with Gasteiger partial charge in [-0.25, -0.2) is 14.4 Å². The molecule has 1 N–H and O–H groups in total. The van der Waals surface area contributed by atoms with Gasteiger partial charge in [0.15, 0.2) is 0 Å². The Bertz CT molecular complexity index is 805. The summed E-state index contributed by atoms with van der Waals surface area (Å²) in [6, 6.07) is 1.74. The standard InChI is InChI=1S/C19H26FN3O3S/c1-11(2)18-23-15-8-21-17(5-16(15)27-18)26-10-19(20)6-14(7-19)25-9-12(3)22-13(4)24/h5,8,11-12,14H,6-7,9-10H2,1-4H3,(H,22,24)/t12-,14-,19+/m0/s1. The van der Waals surface area contributed by atoms with Gasteiger partial charge in [-0.2, -0.15) is 0 Å². The van der Waals surface area contributed by atoms with Gasteiger partial charge in [0, 0.05) is 37.8 Å². The van der Waals surface area contributed by atoms with Gasteiger partial charge in [-0.05, 0) is 6.92 Å². The second-order valence-corrected chi connectivity index (χ2v) is 8.66. The van der Waals surface area contributed by atoms with Crippen molar-refractivity contribution in [3.63, 3.8) is 0 Å². The van der Waals surface area contributed by atoms with Gasteiger partial charge in [0.25, 0.3) is 0 Å². The van der Waals surface area contributed by atoms with Crippen molar-refractivity contribution in [1.82, 2.24) is 15.3 Å². The van der Waals surface area contributed by atoms with Crippen LogP contribution in [0, 0.1) is 0 Å². The summed E-state index contributed by atoms with van der Waals surface area (Å²) in [5.74, 6) is 0.683. The molecule has 2 aromatic rings. The van der Waals surface area contributed by atoms with Gasteiger partial charge in [-0.1, -0.05) is 13.8 Å². The first-order chi connectivity index (χ1) is 12.7. The zero-order valence-electron chi connectivity index (χ0n) is 16.1. The molecule has 1 saturated carbocycles. The van der Waals surface area contributed by atoms with E-state index >= 15 is 0 Å². The second-order valence-electron chi connectivity index (χ2n) is 7.60. The molecule has 0 unspecified atom stereocenters. The molecule has 0 bridgehead atoms. The smallest absolute Gasteiger partial charge is 0.217 e. The number of aromatic nitrogens is 2. The number of carbonyl (C=O) groups excluding carboxylic acids is 1. The molecule has 0 radical (unpaired) electrons. The number of nitrogens with zero attached hydrogens (tertiary/aromatic N) is 2. The van der Waals surface area contributed by atoms with Gasteiger partial charge in [0.05, 0.1) is 28.6 Å². The zero-order valence-corrected chi connectivity index (χ0v) is 16.9. The molecule has 148 valence electrons. The summed E-state index contributed by atoms with van der Waals surface area (Å²) in [5.41, 5.74) is -0.550. The van der Waals surface area contributed by atoms with E-state index in [0.717, 1.165) is 15.2 Å². The van der Waals surface area contributed by atoms with Crippen molar-refractivity contribution >= 4 is 27.5 Å². The third-order valence-corrected chi connectivity index (χ3v) is 5.78. The molecule has 1 aliphatic rings. The van der Waals surface area contributed by atoms with Crippen LogP contribution in [0.5, 0.6) is 5.88 Å². The molecule has 1 amide bonds. The average molecular weight is 396 g/mol. The minimum atomic E-state index is -1.39. The molecular weight excluding hydrogens is 369 g/mol. The Morgan fingerprint density at radius 3 is 2.85 bits per heavy atom. The van der Waals surface area contributed by atoms with Gasteiger partial charge in [-0.15, -0.1) is 11.3 Å². The lowest BCUT2D eigenvalue weighted by molar-refractivity contribution is -0.125. The van der Waals surface area contributed by atoms with Crippen LogP contribution in [0.2, 0.25) is 0 Å². The summed E-state index contributed by atoms with van der Waals surface area (Å²) in [5, 5.41) is 3.80. The number of hydrogen-bond donors (Lipinski definition) is 1. The van der Waals surface area contributed by atoms with Crippen molar-refractivity contribution in [2.75, 3.05) is 13.2 Å². The van der Waals surface area contributed by atoms with Crippen LogP contribution < -0.4 is 10.1 Å². The molecular formula is C19H26FN3O3S. The molecule has 2 heterocycles. The van der Waals surface area contributed by atoms with Crippen molar-refractivity contribution in [2.24, 2.45) is 0 Å². The highest BCUT2D eigenvalue weighted by molar-refractivity contribution is 7.18. The molecule has 0 spiro atoms. The summed E-state index contributed by atoms with van der Waals surface area (Å²) in [4.78, 5) is 19.7. The molecule has 0 aliphatic heterocycles. The molecule has 1 atom stereocenters. The highest BCUT2D eigenvalue weighted by Crippen LogP contribution is 2.39. The Morgan fingerprint density at radius 2 is 2.19 bits per heavy atom. The minimum absolute atomic E-state index is 0.0392. The van der Waals surface area contributed by atoms with E-state index in [0.29, 0.717) is 31.2 Å². The number of halogens is 1. The number of ether oxygens (including phenoxy) is 2. The zero-order chi connectivity index (χ0) is 19.6. The fraction of sp³-hybridized carbons (Fsp3) is 0.632. The number of pyridine rings is 1. The predicted octanol–water partition coefficient (Wildman–Crippen LogP) is 3.61. The second kappa shape index (κ2) is 8.06. The van der Waals surface area contributed by atoms with E-state index in [1.54, 1.807) is 17.5 Å². The molecule has 2 aromatic heterocycles. The van der Waals surface area contributed by atoms with Crippen molar-refractivity contribution in [1.29, 1.82) is 0 Å². The van der Waals surface area contributed by atoms with Crippen LogP contribution >= 0.6 is 11.3 Å². The lowest BCUT2D eigenvalue weighted by Crippen LogP contribution is -2.50. The number of amides is 1. The number of carbonyl (C=O) groups is 1. The molecule has 8 heteroatoms. The summed E-state index contributed by atoms with van der Waals surface area (Å²) < 4.78 is 26.9. The van der Waals surface area contributed by atoms with E-state index < -0.39 is 5.67 Å². The highest BCUT2D eigenvalue weighted by atomic mass is 32.1. The highest BCUT2D eigenvalue weighted by Gasteiger charge is 2.46. The predicted molar refractivity (Wildman–Crippen MR) is 103 cm³/mol. The van der Waals surface area contributed by atoms with E-state index in [1.165, 1.54) is 6.92 Å². The number of rotatable bonds is 8. The van der Waals surface area contributed by atoms with Crippen LogP contribution in [0.3, 0.4) is 0 Å². The molecule has 0 saturated heterocycles. The summed E-state index contributed by atoms with van der Waals surface area (Å²) in [6.45, 7) is 7.86. The Labute approximate surface area is 162 Å². The van der Waals surface area contributed by atoms with Crippen LogP contribution in [0.15, 0.2) is 12.3 Å². The maximum atomic E-state index is 14.7. The Hall–Kier alpha value is -1.80. The average Bonchev–Trinajstić information content (AvgIpc) is 2.99. The minimum Gasteiger partial charge on any atom is -0.474 e. The lowest BCUT2D eigenvalue weighted by Gasteiger charge is -2.40. The molecule has 1 aliphatic carbocycles. The Balaban J connectivity index is 1.46. The number of hydrogen-bond acceptors (Lipinski definition) is 6. The largest absolute Gasteiger partial charge is 0.474 e. The van der Waals surface area contributed by atoms with E-state index in [2.05, 4.69) is 29.1 Å². The van der Waals surface area contributed by atoms with E-state index in [4.69, 9.17) is 9.47 Å². The molecule has 27 heavy (non-hydrogen) atoms. The van der Waals surface area contributed by atoms with E-state index in [-0.39, 0.29) is 24.7 Å². The summed E-state index contributed by atoms with van der Waals surface area (Å²) in [6.07, 6.45) is 2.12. The first kappa shape index (κ1) is 19.9. The number of nitrogens with one attached hydrogen (secondary N) is 1. The van der Waals surface area contributed by atoms with Crippen molar-refractivity contribution in [3.05, 3.63) is 17.3 Å². The third kappa shape index (κ3) is 5.13. The molecule has 1 fully saturated rings. The first-order valence-electron chi connectivity index (χ1n) is 9.21. The quantitative estimate of drug-likeness (QED) is 0.739. The first-order valence-corrected chi connectivity index (χ1v) is 10.0. The summed E-state index contributed by atoms with van der Waals surface area (Å²) >= 11 is 1.61. The Kier molecular flexibility index (Phi) is 5.95. The fourth-order valence-corrected chi connectivity index (χ4v) is 3.99. The van der Waals surface area contributed by atoms with Crippen molar-refractivity contribution in [3.8, 4) is 5.88 Å². The van der Waals surface area contributed by atoms with Gasteiger partial charge >= 0.3 is 0 Å². The van der Waals surface area contributed by atoms with Gasteiger partial charge < -0.3 is 14.8 Å². The number of thiazole rings is 1. The van der Waals surface area contributed by atoms with Crippen LogP contribution in [0.25, 0.3) is 10.2 Å². The van der Waals surface area contributed by atoms with Crippen molar-refractivity contribution < 1.29 is 18.7 Å². The van der Waals surface area contributed by atoms with E-state index in [1.807, 2.05) is 13.0 Å². The van der Waals surface area contributed by atoms with Gasteiger partial charge in [0.2, 0.25) is 11.8 Å². The van der Waals surface area contributed by atoms with Crippen LogP contribution in [-0.4, -0.2) is 46.9 Å². The van der Waals surface area contributed by atoms with Crippen molar-refractivity contribution in [2.45, 2.75) is 64.3 Å². The fourth-order valence-electron chi connectivity index (χ4n) is 3.02. The van der Waals surface area contributed by atoms with Gasteiger partial charge in [-0.3, -0.25) is 4.79 Å². The molecule has 0 aromatic carbocycles. The Morgan fingerprint density at radius 1 is 1.44 bits per heavy atom. The monoisotopic (exact) mass is 395 g/mol. The maximum absolute atomic E-state index is 14.7. The van der Waals surface area contributed by atoms with Crippen LogP contribution in [0.4, 0.5) is 4.39 Å². The number of alkyl halides is 1. The van der Waals surface area contributed by atoms with E-state index in [9.17, 15) is 9.18 Å². The topological polar surface area (TPSA) is 73.3 Å². The lowest BCUT2D eigenvalue weighted by atomic mass is 9.79. The summed E-state index contributed by atoms with van der Waals surface area (Å²) in [7, 11) is 0. The number of fused-ring (bicyclic) bond motifs is 1. The maximum Gasteiger partial charge on any atom is 0.217 e. The van der Waals surface area contributed by atoms with Crippen LogP contribution in [-0.2, 0) is 9.53 Å². The van der Waals surface area contributed by atoms with Gasteiger partial charge in [0.1, 0.15) is 17.8 Å². The van der Waals surface area contributed by atoms with Crippen LogP contribution in [0.1, 0.15) is 51.5 Å². The molecule has 3 rings (SSSR count).